The summed E-state index contributed by atoms with van der Waals surface area (Å²) < 4.78 is 15.2. The largest absolute Gasteiger partial charge is 0.497 e. The van der Waals surface area contributed by atoms with E-state index in [1.54, 1.807) is 7.11 Å². The zero-order valence-electron chi connectivity index (χ0n) is 18.4. The van der Waals surface area contributed by atoms with Crippen LogP contribution in [-0.2, 0) is 38.4 Å². The molecule has 0 aliphatic heterocycles. The van der Waals surface area contributed by atoms with Gasteiger partial charge < -0.3 is 19.1 Å². The van der Waals surface area contributed by atoms with E-state index in [0.717, 1.165) is 39.5 Å². The van der Waals surface area contributed by atoms with Crippen LogP contribution in [0.25, 0.3) is 0 Å². The number of fused-ring (bicyclic) bond motifs is 1. The van der Waals surface area contributed by atoms with Crippen molar-refractivity contribution in [2.75, 3.05) is 33.3 Å². The van der Waals surface area contributed by atoms with E-state index < -0.39 is 17.4 Å². The maximum Gasteiger partial charge on any atom is 0.323 e. The van der Waals surface area contributed by atoms with Crippen LogP contribution in [-0.4, -0.2) is 45.3 Å². The first kappa shape index (κ1) is 21.6. The van der Waals surface area contributed by atoms with Crippen LogP contribution in [0.3, 0.4) is 0 Å². The van der Waals surface area contributed by atoms with E-state index in [1.807, 2.05) is 45.2 Å². The SMILES string of the molecule is COC(=O)C1(C(=O)OC)Cc2c(C)nc(N(C)Cc3ccc(OC)cc3)c(C)c2C1. The van der Waals surface area contributed by atoms with Gasteiger partial charge in [-0.05, 0) is 48.2 Å². The number of nitrogens with zero attached hydrogens (tertiary/aromatic N) is 2. The van der Waals surface area contributed by atoms with E-state index in [1.165, 1.54) is 14.2 Å². The zero-order chi connectivity index (χ0) is 22.1. The number of hydrogen-bond donors (Lipinski definition) is 0. The van der Waals surface area contributed by atoms with Crippen molar-refractivity contribution in [3.8, 4) is 5.75 Å². The lowest BCUT2D eigenvalue weighted by atomic mass is 9.84. The van der Waals surface area contributed by atoms with Gasteiger partial charge in [0.05, 0.1) is 21.3 Å². The third kappa shape index (κ3) is 3.60. The summed E-state index contributed by atoms with van der Waals surface area (Å²) in [6, 6.07) is 7.89. The van der Waals surface area contributed by atoms with Gasteiger partial charge in [-0.15, -0.1) is 0 Å². The number of esters is 2. The molecule has 0 N–H and O–H groups in total. The molecule has 0 saturated heterocycles. The lowest BCUT2D eigenvalue weighted by Gasteiger charge is -2.23. The number of aromatic nitrogens is 1. The maximum atomic E-state index is 12.6. The van der Waals surface area contributed by atoms with E-state index in [2.05, 4.69) is 4.90 Å². The highest BCUT2D eigenvalue weighted by atomic mass is 16.5. The molecule has 1 aromatic carbocycles. The van der Waals surface area contributed by atoms with Gasteiger partial charge in [-0.25, -0.2) is 4.98 Å². The fourth-order valence-corrected chi connectivity index (χ4v) is 4.24. The summed E-state index contributed by atoms with van der Waals surface area (Å²) >= 11 is 0. The van der Waals surface area contributed by atoms with Crippen molar-refractivity contribution in [1.29, 1.82) is 0 Å². The first-order chi connectivity index (χ1) is 14.3. The number of carbonyl (C=O) groups is 2. The second-order valence-electron chi connectivity index (χ2n) is 7.73. The highest BCUT2D eigenvalue weighted by Gasteiger charge is 2.53. The van der Waals surface area contributed by atoms with E-state index in [4.69, 9.17) is 19.2 Å². The van der Waals surface area contributed by atoms with Gasteiger partial charge in [0.15, 0.2) is 5.41 Å². The first-order valence-electron chi connectivity index (χ1n) is 9.77. The molecule has 160 valence electrons. The molecular weight excluding hydrogens is 384 g/mol. The Labute approximate surface area is 177 Å². The molecule has 7 heteroatoms. The molecule has 0 unspecified atom stereocenters. The summed E-state index contributed by atoms with van der Waals surface area (Å²) in [5, 5.41) is 0. The summed E-state index contributed by atoms with van der Waals surface area (Å²) in [4.78, 5) is 32.0. The smallest absolute Gasteiger partial charge is 0.323 e. The first-order valence-corrected chi connectivity index (χ1v) is 9.77. The average molecular weight is 412 g/mol. The third-order valence-electron chi connectivity index (χ3n) is 5.91. The number of hydrogen-bond acceptors (Lipinski definition) is 7. The minimum absolute atomic E-state index is 0.240. The molecule has 2 aromatic rings. The molecule has 1 aliphatic carbocycles. The summed E-state index contributed by atoms with van der Waals surface area (Å²) in [6.07, 6.45) is 0.490. The van der Waals surface area contributed by atoms with E-state index in [0.29, 0.717) is 6.54 Å². The van der Waals surface area contributed by atoms with Crippen LogP contribution in [0.2, 0.25) is 0 Å². The highest BCUT2D eigenvalue weighted by Crippen LogP contribution is 2.43. The molecule has 30 heavy (non-hydrogen) atoms. The molecule has 0 atom stereocenters. The molecule has 0 amide bonds. The number of methoxy groups -OCH3 is 3. The topological polar surface area (TPSA) is 78.0 Å². The molecule has 0 radical (unpaired) electrons. The Morgan fingerprint density at radius 2 is 1.57 bits per heavy atom. The van der Waals surface area contributed by atoms with Crippen LogP contribution in [0, 0.1) is 19.3 Å². The minimum atomic E-state index is -1.35. The normalized spacial score (nSPS) is 14.1. The van der Waals surface area contributed by atoms with Gasteiger partial charge in [0.1, 0.15) is 11.6 Å². The monoisotopic (exact) mass is 412 g/mol. The average Bonchev–Trinajstić information content (AvgIpc) is 3.18. The molecule has 3 rings (SSSR count). The van der Waals surface area contributed by atoms with Crippen LogP contribution in [0.1, 0.15) is 27.9 Å². The summed E-state index contributed by atoms with van der Waals surface area (Å²) in [7, 11) is 6.21. The van der Waals surface area contributed by atoms with Crippen molar-refractivity contribution in [1.82, 2.24) is 4.98 Å². The Balaban J connectivity index is 1.95. The molecular formula is C23H28N2O5. The Morgan fingerprint density at radius 1 is 1.00 bits per heavy atom. The Hall–Kier alpha value is -3.09. The molecule has 0 fully saturated rings. The van der Waals surface area contributed by atoms with Crippen molar-refractivity contribution in [2.45, 2.75) is 33.2 Å². The number of ether oxygens (including phenoxy) is 3. The molecule has 0 saturated carbocycles. The lowest BCUT2D eigenvalue weighted by molar-refractivity contribution is -0.168. The van der Waals surface area contributed by atoms with Gasteiger partial charge in [-0.3, -0.25) is 9.59 Å². The van der Waals surface area contributed by atoms with E-state index in [-0.39, 0.29) is 12.8 Å². The van der Waals surface area contributed by atoms with E-state index >= 15 is 0 Å². The third-order valence-corrected chi connectivity index (χ3v) is 5.91. The second-order valence-corrected chi connectivity index (χ2v) is 7.73. The molecule has 1 aliphatic rings. The van der Waals surface area contributed by atoms with Crippen molar-refractivity contribution in [3.05, 3.63) is 52.2 Å². The number of anilines is 1. The van der Waals surface area contributed by atoms with Crippen molar-refractivity contribution in [2.24, 2.45) is 5.41 Å². The van der Waals surface area contributed by atoms with Crippen LogP contribution >= 0.6 is 0 Å². The van der Waals surface area contributed by atoms with Gasteiger partial charge in [0.25, 0.3) is 0 Å². The van der Waals surface area contributed by atoms with Gasteiger partial charge in [0, 0.05) is 32.1 Å². The summed E-state index contributed by atoms with van der Waals surface area (Å²) in [5.41, 5.74) is 3.43. The van der Waals surface area contributed by atoms with Crippen molar-refractivity contribution < 1.29 is 23.8 Å². The van der Waals surface area contributed by atoms with Crippen molar-refractivity contribution >= 4 is 17.8 Å². The number of carbonyl (C=O) groups excluding carboxylic acids is 2. The standard InChI is InChI=1S/C23H28N2O5/c1-14-18-11-23(21(26)29-5,22(27)30-6)12-19(18)15(2)24-20(14)25(3)13-16-7-9-17(28-4)10-8-16/h7-10H,11-13H2,1-6H3. The van der Waals surface area contributed by atoms with Crippen LogP contribution in [0.4, 0.5) is 5.82 Å². The molecule has 1 aromatic heterocycles. The quantitative estimate of drug-likeness (QED) is 0.533. The molecule has 7 nitrogen and oxygen atoms in total. The van der Waals surface area contributed by atoms with Gasteiger partial charge in [-0.2, -0.15) is 0 Å². The maximum absolute atomic E-state index is 12.6. The van der Waals surface area contributed by atoms with Gasteiger partial charge >= 0.3 is 11.9 Å². The number of aryl methyl sites for hydroxylation is 1. The summed E-state index contributed by atoms with van der Waals surface area (Å²) in [5.74, 6) is 0.494. The molecule has 0 spiro atoms. The molecule has 0 bridgehead atoms. The van der Waals surface area contributed by atoms with Crippen molar-refractivity contribution in [3.63, 3.8) is 0 Å². The minimum Gasteiger partial charge on any atom is -0.497 e. The fourth-order valence-electron chi connectivity index (χ4n) is 4.24. The molecule has 1 heterocycles. The van der Waals surface area contributed by atoms with E-state index in [9.17, 15) is 9.59 Å². The fraction of sp³-hybridized carbons (Fsp3) is 0.435. The lowest BCUT2D eigenvalue weighted by Crippen LogP contribution is -2.42. The predicted octanol–water partition coefficient (Wildman–Crippen LogP) is 2.77. The summed E-state index contributed by atoms with van der Waals surface area (Å²) in [6.45, 7) is 4.55. The Morgan fingerprint density at radius 3 is 2.10 bits per heavy atom. The Bertz CT molecular complexity index is 953. The number of rotatable bonds is 6. The van der Waals surface area contributed by atoms with Gasteiger partial charge in [-0.1, -0.05) is 12.1 Å². The van der Waals surface area contributed by atoms with Crippen LogP contribution in [0.5, 0.6) is 5.75 Å². The van der Waals surface area contributed by atoms with Gasteiger partial charge in [0.2, 0.25) is 0 Å². The zero-order valence-corrected chi connectivity index (χ0v) is 18.4. The number of benzene rings is 1. The number of pyridine rings is 1. The second kappa shape index (κ2) is 8.34. The highest BCUT2D eigenvalue weighted by molar-refractivity contribution is 6.01. The van der Waals surface area contributed by atoms with Crippen LogP contribution in [0.15, 0.2) is 24.3 Å². The van der Waals surface area contributed by atoms with Crippen LogP contribution < -0.4 is 9.64 Å². The Kier molecular flexibility index (Phi) is 6.01. The predicted molar refractivity (Wildman–Crippen MR) is 113 cm³/mol.